The first-order chi connectivity index (χ1) is 14.0. The summed E-state index contributed by atoms with van der Waals surface area (Å²) in [6.45, 7) is 6.36. The van der Waals surface area contributed by atoms with Gasteiger partial charge >= 0.3 is 0 Å². The molecule has 8 heteroatoms. The van der Waals surface area contributed by atoms with Crippen LogP contribution in [0.15, 0.2) is 34.2 Å². The summed E-state index contributed by atoms with van der Waals surface area (Å²) in [6, 6.07) is 7.31. The molecular weight excluding hydrogens is 390 g/mol. The number of hydrogen-bond donors (Lipinski definition) is 1. The molecule has 7 nitrogen and oxygen atoms in total. The second-order valence-electron chi connectivity index (χ2n) is 7.37. The van der Waals surface area contributed by atoms with Gasteiger partial charge in [-0.3, -0.25) is 14.2 Å². The number of ether oxygens (including phenoxy) is 2. The normalized spacial score (nSPS) is 16.6. The van der Waals surface area contributed by atoms with Crippen LogP contribution >= 0.6 is 11.8 Å². The van der Waals surface area contributed by atoms with Crippen molar-refractivity contribution in [2.45, 2.75) is 57.0 Å². The van der Waals surface area contributed by atoms with Crippen molar-refractivity contribution >= 4 is 28.6 Å². The Morgan fingerprint density at radius 1 is 1.41 bits per heavy atom. The summed E-state index contributed by atoms with van der Waals surface area (Å²) >= 11 is 1.29. The summed E-state index contributed by atoms with van der Waals surface area (Å²) in [5, 5.41) is 4.04. The first-order valence-corrected chi connectivity index (χ1v) is 11.2. The SMILES string of the molecule is CC(C)OCCCNC(=O)CSc1nc2ccccc2c(=O)n1C[C@@H]1CCCO1. The van der Waals surface area contributed by atoms with Gasteiger partial charge in [0.25, 0.3) is 5.56 Å². The summed E-state index contributed by atoms with van der Waals surface area (Å²) in [7, 11) is 0. The molecule has 0 saturated carbocycles. The van der Waals surface area contributed by atoms with Gasteiger partial charge in [-0.25, -0.2) is 4.98 Å². The number of carbonyl (C=O) groups is 1. The highest BCUT2D eigenvalue weighted by Gasteiger charge is 2.20. The molecular formula is C21H29N3O4S. The number of carbonyl (C=O) groups excluding carboxylic acids is 1. The van der Waals surface area contributed by atoms with Crippen molar-refractivity contribution in [3.63, 3.8) is 0 Å². The Morgan fingerprint density at radius 2 is 2.24 bits per heavy atom. The number of aromatic nitrogens is 2. The van der Waals surface area contributed by atoms with Crippen LogP contribution < -0.4 is 10.9 Å². The van der Waals surface area contributed by atoms with Crippen LogP contribution in [0.1, 0.15) is 33.1 Å². The van der Waals surface area contributed by atoms with E-state index >= 15 is 0 Å². The van der Waals surface area contributed by atoms with Crippen molar-refractivity contribution in [1.29, 1.82) is 0 Å². The summed E-state index contributed by atoms with van der Waals surface area (Å²) in [4.78, 5) is 29.9. The minimum atomic E-state index is -0.0835. The molecule has 1 N–H and O–H groups in total. The number of fused-ring (bicyclic) bond motifs is 1. The largest absolute Gasteiger partial charge is 0.379 e. The first kappa shape index (κ1) is 21.8. The third-order valence-corrected chi connectivity index (χ3v) is 5.64. The Labute approximate surface area is 175 Å². The summed E-state index contributed by atoms with van der Waals surface area (Å²) in [6.07, 6.45) is 2.92. The van der Waals surface area contributed by atoms with Crippen LogP contribution in [0, 0.1) is 0 Å². The molecule has 29 heavy (non-hydrogen) atoms. The zero-order valence-corrected chi connectivity index (χ0v) is 17.9. The smallest absolute Gasteiger partial charge is 0.262 e. The number of nitrogens with zero attached hydrogens (tertiary/aromatic N) is 2. The first-order valence-electron chi connectivity index (χ1n) is 10.2. The van der Waals surface area contributed by atoms with E-state index < -0.39 is 0 Å². The Kier molecular flexibility index (Phi) is 8.09. The van der Waals surface area contributed by atoms with E-state index in [0.29, 0.717) is 35.8 Å². The van der Waals surface area contributed by atoms with E-state index in [1.165, 1.54) is 11.8 Å². The van der Waals surface area contributed by atoms with Crippen molar-refractivity contribution in [3.05, 3.63) is 34.6 Å². The minimum Gasteiger partial charge on any atom is -0.379 e. The van der Waals surface area contributed by atoms with Gasteiger partial charge in [0, 0.05) is 19.8 Å². The molecule has 1 fully saturated rings. The maximum Gasteiger partial charge on any atom is 0.262 e. The highest BCUT2D eigenvalue weighted by atomic mass is 32.2. The lowest BCUT2D eigenvalue weighted by molar-refractivity contribution is -0.118. The quantitative estimate of drug-likeness (QED) is 0.362. The van der Waals surface area contributed by atoms with Crippen LogP contribution in [0.3, 0.4) is 0 Å². The van der Waals surface area contributed by atoms with Crippen molar-refractivity contribution in [3.8, 4) is 0 Å². The highest BCUT2D eigenvalue weighted by molar-refractivity contribution is 7.99. The van der Waals surface area contributed by atoms with Crippen molar-refractivity contribution in [2.24, 2.45) is 0 Å². The van der Waals surface area contributed by atoms with Gasteiger partial charge < -0.3 is 14.8 Å². The molecule has 1 aliphatic heterocycles. The zero-order chi connectivity index (χ0) is 20.6. The number of hydrogen-bond acceptors (Lipinski definition) is 6. The molecule has 0 unspecified atom stereocenters. The molecule has 1 aliphatic rings. The van der Waals surface area contributed by atoms with Gasteiger partial charge in [0.05, 0.1) is 35.4 Å². The fourth-order valence-electron chi connectivity index (χ4n) is 3.21. The molecule has 1 atom stereocenters. The number of benzene rings is 1. The van der Waals surface area contributed by atoms with E-state index in [9.17, 15) is 9.59 Å². The Morgan fingerprint density at radius 3 is 3.00 bits per heavy atom. The average molecular weight is 420 g/mol. The van der Waals surface area contributed by atoms with Crippen LogP contribution in [0.2, 0.25) is 0 Å². The van der Waals surface area contributed by atoms with Gasteiger partial charge in [0.15, 0.2) is 5.16 Å². The molecule has 3 rings (SSSR count). The standard InChI is InChI=1S/C21H29N3O4S/c1-15(2)27-12-6-10-22-19(25)14-29-21-23-18-9-4-3-8-17(18)20(26)24(21)13-16-7-5-11-28-16/h3-4,8-9,15-16H,5-7,10-14H2,1-2H3,(H,22,25)/t16-/m0/s1. The van der Waals surface area contributed by atoms with Crippen LogP contribution in [0.25, 0.3) is 10.9 Å². The van der Waals surface area contributed by atoms with E-state index in [0.717, 1.165) is 25.9 Å². The molecule has 1 amide bonds. The maximum absolute atomic E-state index is 13.0. The van der Waals surface area contributed by atoms with E-state index in [1.807, 2.05) is 32.0 Å². The number of para-hydroxylation sites is 1. The fourth-order valence-corrected chi connectivity index (χ4v) is 4.05. The van der Waals surface area contributed by atoms with E-state index in [-0.39, 0.29) is 29.4 Å². The number of amides is 1. The fraction of sp³-hybridized carbons (Fsp3) is 0.571. The lowest BCUT2D eigenvalue weighted by atomic mass is 10.2. The minimum absolute atomic E-state index is 0.0183. The molecule has 1 aromatic carbocycles. The topological polar surface area (TPSA) is 82.5 Å². The molecule has 2 aromatic rings. The third kappa shape index (κ3) is 6.29. The third-order valence-electron chi connectivity index (χ3n) is 4.66. The molecule has 0 bridgehead atoms. The molecule has 2 heterocycles. The maximum atomic E-state index is 13.0. The summed E-state index contributed by atoms with van der Waals surface area (Å²) in [5.41, 5.74) is 0.565. The Bertz CT molecular complexity index is 878. The number of nitrogens with one attached hydrogen (secondary N) is 1. The molecule has 0 aliphatic carbocycles. The van der Waals surface area contributed by atoms with Crippen LogP contribution in [-0.2, 0) is 20.8 Å². The van der Waals surface area contributed by atoms with Gasteiger partial charge in [0.2, 0.25) is 5.91 Å². The summed E-state index contributed by atoms with van der Waals surface area (Å²) in [5.74, 6) is 0.132. The second kappa shape index (κ2) is 10.8. The van der Waals surface area contributed by atoms with Gasteiger partial charge in [0.1, 0.15) is 0 Å². The van der Waals surface area contributed by atoms with Gasteiger partial charge in [-0.15, -0.1) is 0 Å². The van der Waals surface area contributed by atoms with Crippen LogP contribution in [0.4, 0.5) is 0 Å². The molecule has 158 valence electrons. The van der Waals surface area contributed by atoms with Crippen molar-refractivity contribution in [1.82, 2.24) is 14.9 Å². The molecule has 0 spiro atoms. The Hall–Kier alpha value is -1.90. The van der Waals surface area contributed by atoms with Crippen LogP contribution in [-0.4, -0.2) is 53.2 Å². The van der Waals surface area contributed by atoms with E-state index in [2.05, 4.69) is 10.3 Å². The monoisotopic (exact) mass is 419 g/mol. The Balaban J connectivity index is 1.65. The second-order valence-corrected chi connectivity index (χ2v) is 8.32. The van der Waals surface area contributed by atoms with Gasteiger partial charge in [-0.05, 0) is 45.2 Å². The predicted molar refractivity (Wildman–Crippen MR) is 114 cm³/mol. The van der Waals surface area contributed by atoms with Crippen molar-refractivity contribution in [2.75, 3.05) is 25.5 Å². The highest BCUT2D eigenvalue weighted by Crippen LogP contribution is 2.20. The molecule has 1 aromatic heterocycles. The molecule has 0 radical (unpaired) electrons. The predicted octanol–water partition coefficient (Wildman–Crippen LogP) is 2.60. The number of rotatable bonds is 10. The van der Waals surface area contributed by atoms with Gasteiger partial charge in [-0.1, -0.05) is 23.9 Å². The van der Waals surface area contributed by atoms with Gasteiger partial charge in [-0.2, -0.15) is 0 Å². The average Bonchev–Trinajstić information content (AvgIpc) is 3.21. The lowest BCUT2D eigenvalue weighted by Gasteiger charge is -2.16. The van der Waals surface area contributed by atoms with Crippen molar-refractivity contribution < 1.29 is 14.3 Å². The number of thioether (sulfide) groups is 1. The summed E-state index contributed by atoms with van der Waals surface area (Å²) < 4.78 is 12.8. The molecule has 1 saturated heterocycles. The zero-order valence-electron chi connectivity index (χ0n) is 17.1. The lowest BCUT2D eigenvalue weighted by Crippen LogP contribution is -2.30. The van der Waals surface area contributed by atoms with E-state index in [1.54, 1.807) is 10.6 Å². The van der Waals surface area contributed by atoms with E-state index in [4.69, 9.17) is 9.47 Å². The van der Waals surface area contributed by atoms with Crippen LogP contribution in [0.5, 0.6) is 0 Å².